The first-order valence-electron chi connectivity index (χ1n) is 10.7. The number of amides is 1. The number of likely N-dealkylation sites (tertiary alicyclic amines) is 1. The highest BCUT2D eigenvalue weighted by Crippen LogP contribution is 2.42. The van der Waals surface area contributed by atoms with E-state index >= 15 is 0 Å². The zero-order valence-electron chi connectivity index (χ0n) is 18.5. The van der Waals surface area contributed by atoms with E-state index in [1.807, 2.05) is 48.7 Å². The largest absolute Gasteiger partial charge is 0.507 e. The van der Waals surface area contributed by atoms with E-state index in [1.54, 1.807) is 31.4 Å². The minimum Gasteiger partial charge on any atom is -0.507 e. The summed E-state index contributed by atoms with van der Waals surface area (Å²) in [5.41, 5.74) is 1.38. The molecule has 1 aliphatic rings. The van der Waals surface area contributed by atoms with E-state index in [0.717, 1.165) is 16.9 Å². The Morgan fingerprint density at radius 2 is 1.85 bits per heavy atom. The zero-order chi connectivity index (χ0) is 23.4. The fraction of sp³-hybridized carbons (Fsp3) is 0.231. The van der Waals surface area contributed by atoms with E-state index in [9.17, 15) is 14.7 Å². The second kappa shape index (κ2) is 9.92. The smallest absolute Gasteiger partial charge is 0.295 e. The van der Waals surface area contributed by atoms with Crippen LogP contribution in [0.25, 0.3) is 5.76 Å². The minimum atomic E-state index is -0.695. The monoisotopic (exact) mass is 463 g/mol. The van der Waals surface area contributed by atoms with Gasteiger partial charge in [0.05, 0.1) is 25.3 Å². The van der Waals surface area contributed by atoms with Crippen LogP contribution in [0.3, 0.4) is 0 Å². The lowest BCUT2D eigenvalue weighted by Gasteiger charge is -2.24. The Morgan fingerprint density at radius 1 is 1.06 bits per heavy atom. The van der Waals surface area contributed by atoms with Gasteiger partial charge in [-0.15, -0.1) is 11.3 Å². The molecule has 33 heavy (non-hydrogen) atoms. The summed E-state index contributed by atoms with van der Waals surface area (Å²) in [6.07, 6.45) is 0.852. The Labute approximate surface area is 196 Å². The van der Waals surface area contributed by atoms with Gasteiger partial charge in [-0.3, -0.25) is 9.59 Å². The molecule has 1 N–H and O–H groups in total. The number of aliphatic hydroxyl groups is 1. The number of ether oxygens (including phenoxy) is 2. The van der Waals surface area contributed by atoms with Crippen molar-refractivity contribution in [3.63, 3.8) is 0 Å². The number of benzene rings is 2. The van der Waals surface area contributed by atoms with E-state index in [0.29, 0.717) is 23.7 Å². The van der Waals surface area contributed by atoms with E-state index < -0.39 is 17.7 Å². The number of carbonyl (C=O) groups excluding carboxylic acids is 2. The van der Waals surface area contributed by atoms with Crippen molar-refractivity contribution in [2.24, 2.45) is 0 Å². The Bertz CT molecular complexity index is 1170. The van der Waals surface area contributed by atoms with Gasteiger partial charge in [0.2, 0.25) is 0 Å². The number of hydrogen-bond donors (Lipinski definition) is 1. The molecule has 170 valence electrons. The van der Waals surface area contributed by atoms with Crippen LogP contribution in [-0.2, 0) is 16.1 Å². The number of hydrogen-bond acceptors (Lipinski definition) is 6. The zero-order valence-corrected chi connectivity index (χ0v) is 19.3. The van der Waals surface area contributed by atoms with Gasteiger partial charge in [-0.2, -0.15) is 0 Å². The highest BCUT2D eigenvalue weighted by molar-refractivity contribution is 7.10. The lowest BCUT2D eigenvalue weighted by Crippen LogP contribution is -2.28. The number of ketones is 1. The van der Waals surface area contributed by atoms with Gasteiger partial charge in [0.25, 0.3) is 11.7 Å². The van der Waals surface area contributed by atoms with Crippen molar-refractivity contribution in [1.29, 1.82) is 0 Å². The molecule has 1 amide bonds. The summed E-state index contributed by atoms with van der Waals surface area (Å²) >= 11 is 1.44. The molecule has 0 bridgehead atoms. The third-order valence-electron chi connectivity index (χ3n) is 5.44. The maximum Gasteiger partial charge on any atom is 0.295 e. The molecule has 3 aromatic rings. The van der Waals surface area contributed by atoms with Crippen LogP contribution in [0.1, 0.15) is 35.4 Å². The van der Waals surface area contributed by atoms with E-state index in [4.69, 9.17) is 9.47 Å². The summed E-state index contributed by atoms with van der Waals surface area (Å²) < 4.78 is 10.9. The summed E-state index contributed by atoms with van der Waals surface area (Å²) in [4.78, 5) is 28.5. The molecule has 1 aliphatic heterocycles. The van der Waals surface area contributed by atoms with Crippen LogP contribution >= 0.6 is 11.3 Å². The Balaban J connectivity index is 1.75. The highest BCUT2D eigenvalue weighted by atomic mass is 32.1. The number of aliphatic hydroxyl groups excluding tert-OH is 1. The first-order chi connectivity index (χ1) is 16.0. The van der Waals surface area contributed by atoms with Crippen LogP contribution in [0.15, 0.2) is 71.6 Å². The van der Waals surface area contributed by atoms with Crippen LogP contribution in [0.4, 0.5) is 0 Å². The maximum absolute atomic E-state index is 13.1. The Hall–Kier alpha value is -3.58. The average molecular weight is 464 g/mol. The topological polar surface area (TPSA) is 76.1 Å². The molecule has 1 aromatic heterocycles. The van der Waals surface area contributed by atoms with Crippen molar-refractivity contribution < 1.29 is 24.2 Å². The molecule has 4 rings (SSSR count). The molecule has 1 saturated heterocycles. The molecule has 0 aliphatic carbocycles. The molecule has 2 heterocycles. The summed E-state index contributed by atoms with van der Waals surface area (Å²) in [5.74, 6) is -0.226. The van der Waals surface area contributed by atoms with Crippen molar-refractivity contribution in [3.8, 4) is 11.5 Å². The predicted molar refractivity (Wildman–Crippen MR) is 127 cm³/mol. The van der Waals surface area contributed by atoms with E-state index in [1.165, 1.54) is 16.2 Å². The highest BCUT2D eigenvalue weighted by Gasteiger charge is 2.46. The number of rotatable bonds is 8. The molecule has 6 nitrogen and oxygen atoms in total. The maximum atomic E-state index is 13.1. The Kier molecular flexibility index (Phi) is 6.79. The lowest BCUT2D eigenvalue weighted by atomic mass is 9.99. The first-order valence-corrected chi connectivity index (χ1v) is 11.6. The van der Waals surface area contributed by atoms with Crippen LogP contribution in [0.2, 0.25) is 0 Å². The first kappa shape index (κ1) is 22.6. The summed E-state index contributed by atoms with van der Waals surface area (Å²) in [6, 6.07) is 17.4. The third kappa shape index (κ3) is 4.64. The quantitative estimate of drug-likeness (QED) is 0.283. The second-order valence-corrected chi connectivity index (χ2v) is 8.65. The van der Waals surface area contributed by atoms with Crippen LogP contribution in [-0.4, -0.2) is 35.4 Å². The average Bonchev–Trinajstić information content (AvgIpc) is 3.46. The molecule has 0 radical (unpaired) electrons. The number of Topliss-reactive ketones (excluding diaryl/α,β-unsaturated/α-hetero) is 1. The standard InChI is InChI=1S/C26H25NO5S/c1-3-13-32-20-7-4-6-18(15-20)24(28)22-23(21-8-5-14-33-21)27(26(30)25(22)29)16-17-9-11-19(31-2)12-10-17/h4-12,14-15,23,28H,3,13,16H2,1-2H3/b24-22-. The van der Waals surface area contributed by atoms with Crippen LogP contribution in [0, 0.1) is 0 Å². The van der Waals surface area contributed by atoms with Crippen molar-refractivity contribution in [2.45, 2.75) is 25.9 Å². The van der Waals surface area contributed by atoms with Gasteiger partial charge in [-0.1, -0.05) is 37.3 Å². The third-order valence-corrected chi connectivity index (χ3v) is 6.37. The molecule has 7 heteroatoms. The summed E-state index contributed by atoms with van der Waals surface area (Å²) in [5, 5.41) is 13.1. The predicted octanol–water partition coefficient (Wildman–Crippen LogP) is 5.17. The van der Waals surface area contributed by atoms with Gasteiger partial charge >= 0.3 is 0 Å². The minimum absolute atomic E-state index is 0.0867. The molecule has 0 spiro atoms. The van der Waals surface area contributed by atoms with Gasteiger partial charge in [-0.25, -0.2) is 0 Å². The molecule has 0 saturated carbocycles. The number of methoxy groups -OCH3 is 1. The van der Waals surface area contributed by atoms with Gasteiger partial charge in [0.1, 0.15) is 17.3 Å². The molecule has 2 aromatic carbocycles. The van der Waals surface area contributed by atoms with Crippen molar-refractivity contribution in [2.75, 3.05) is 13.7 Å². The van der Waals surface area contributed by atoms with Gasteiger partial charge in [0.15, 0.2) is 0 Å². The van der Waals surface area contributed by atoms with Crippen molar-refractivity contribution in [1.82, 2.24) is 4.90 Å². The fourth-order valence-electron chi connectivity index (χ4n) is 3.82. The molecule has 1 unspecified atom stereocenters. The van der Waals surface area contributed by atoms with E-state index in [2.05, 4.69) is 0 Å². The van der Waals surface area contributed by atoms with Gasteiger partial charge in [-0.05, 0) is 47.7 Å². The number of thiophene rings is 1. The number of nitrogens with zero attached hydrogens (tertiary/aromatic N) is 1. The van der Waals surface area contributed by atoms with Crippen LogP contribution < -0.4 is 9.47 Å². The summed E-state index contributed by atoms with van der Waals surface area (Å²) in [6.45, 7) is 2.79. The molecular weight excluding hydrogens is 438 g/mol. The van der Waals surface area contributed by atoms with Crippen molar-refractivity contribution >= 4 is 28.8 Å². The van der Waals surface area contributed by atoms with Gasteiger partial charge < -0.3 is 19.5 Å². The lowest BCUT2D eigenvalue weighted by molar-refractivity contribution is -0.140. The second-order valence-electron chi connectivity index (χ2n) is 7.67. The summed E-state index contributed by atoms with van der Waals surface area (Å²) in [7, 11) is 1.59. The molecular formula is C26H25NO5S. The van der Waals surface area contributed by atoms with Crippen molar-refractivity contribution in [3.05, 3.63) is 87.6 Å². The molecule has 1 atom stereocenters. The van der Waals surface area contributed by atoms with Gasteiger partial charge in [0, 0.05) is 17.0 Å². The number of carbonyl (C=O) groups is 2. The fourth-order valence-corrected chi connectivity index (χ4v) is 4.67. The normalized spacial score (nSPS) is 17.4. The van der Waals surface area contributed by atoms with E-state index in [-0.39, 0.29) is 17.9 Å². The molecule has 1 fully saturated rings. The Morgan fingerprint density at radius 3 is 2.52 bits per heavy atom. The van der Waals surface area contributed by atoms with Crippen LogP contribution in [0.5, 0.6) is 11.5 Å². The SMILES string of the molecule is CCCOc1cccc(/C(O)=C2/C(=O)C(=O)N(Cc3ccc(OC)cc3)C2c2cccs2)c1.